The van der Waals surface area contributed by atoms with Gasteiger partial charge in [0.05, 0.1) is 12.7 Å². The summed E-state index contributed by atoms with van der Waals surface area (Å²) in [5.41, 5.74) is 4.60. The monoisotopic (exact) mass is 463 g/mol. The van der Waals surface area contributed by atoms with Gasteiger partial charge in [0.1, 0.15) is 29.4 Å². The van der Waals surface area contributed by atoms with Crippen molar-refractivity contribution in [2.45, 2.75) is 71.7 Å². The molecule has 1 N–H and O–H groups in total. The lowest BCUT2D eigenvalue weighted by Gasteiger charge is -2.45. The van der Waals surface area contributed by atoms with Gasteiger partial charge in [0.25, 0.3) is 0 Å². The van der Waals surface area contributed by atoms with E-state index in [-0.39, 0.29) is 30.7 Å². The summed E-state index contributed by atoms with van der Waals surface area (Å²) >= 11 is 0. The van der Waals surface area contributed by atoms with Gasteiger partial charge in [-0.15, -0.1) is 0 Å². The number of hydrogen-bond acceptors (Lipinski definition) is 4. The average Bonchev–Trinajstić information content (AvgIpc) is 2.77. The van der Waals surface area contributed by atoms with E-state index in [1.807, 2.05) is 45.9 Å². The molecule has 5 heteroatoms. The lowest BCUT2D eigenvalue weighted by molar-refractivity contribution is -0.177. The predicted octanol–water partition coefficient (Wildman–Crippen LogP) is 6.97. The summed E-state index contributed by atoms with van der Waals surface area (Å²) in [7, 11) is 0. The first kappa shape index (κ1) is 24.2. The lowest BCUT2D eigenvalue weighted by Crippen LogP contribution is -2.51. The summed E-state index contributed by atoms with van der Waals surface area (Å²) in [6.45, 7) is 11.2. The predicted molar refractivity (Wildman–Crippen MR) is 134 cm³/mol. The van der Waals surface area contributed by atoms with Gasteiger partial charge in [0.15, 0.2) is 0 Å². The third-order valence-corrected chi connectivity index (χ3v) is 6.13. The van der Waals surface area contributed by atoms with Gasteiger partial charge >= 0.3 is 0 Å². The van der Waals surface area contributed by atoms with E-state index < -0.39 is 5.60 Å². The Balaban J connectivity index is 1.60. The lowest BCUT2D eigenvalue weighted by atomic mass is 9.87. The molecule has 0 bridgehead atoms. The maximum Gasteiger partial charge on any atom is 0.132 e. The summed E-state index contributed by atoms with van der Waals surface area (Å²) in [4.78, 5) is 0. The third kappa shape index (κ3) is 5.60. The molecule has 0 fully saturated rings. The number of nitrogens with one attached hydrogen (secondary N) is 1. The van der Waals surface area contributed by atoms with Crippen molar-refractivity contribution in [1.29, 1.82) is 0 Å². The molecule has 2 unspecified atom stereocenters. The molecule has 1 aliphatic rings. The van der Waals surface area contributed by atoms with E-state index in [1.54, 1.807) is 6.07 Å². The molecule has 1 aliphatic heterocycles. The summed E-state index contributed by atoms with van der Waals surface area (Å²) < 4.78 is 32.8. The van der Waals surface area contributed by atoms with E-state index in [9.17, 15) is 4.39 Å². The Morgan fingerprint density at radius 1 is 1.03 bits per heavy atom. The molecule has 0 amide bonds. The van der Waals surface area contributed by atoms with E-state index in [4.69, 9.17) is 14.2 Å². The topological polar surface area (TPSA) is 39.7 Å². The van der Waals surface area contributed by atoms with Gasteiger partial charge in [-0.25, -0.2) is 4.39 Å². The van der Waals surface area contributed by atoms with Gasteiger partial charge in [0, 0.05) is 17.8 Å². The molecule has 3 aromatic rings. The smallest absolute Gasteiger partial charge is 0.132 e. The van der Waals surface area contributed by atoms with Crippen LogP contribution in [-0.2, 0) is 22.6 Å². The summed E-state index contributed by atoms with van der Waals surface area (Å²) in [5, 5.41) is 3.53. The van der Waals surface area contributed by atoms with Crippen LogP contribution in [0.15, 0.2) is 66.7 Å². The number of rotatable bonds is 8. The van der Waals surface area contributed by atoms with Crippen molar-refractivity contribution in [3.8, 4) is 5.75 Å². The van der Waals surface area contributed by atoms with Gasteiger partial charge in [-0.05, 0) is 81.6 Å². The first-order valence-corrected chi connectivity index (χ1v) is 11.9. The molecule has 0 aromatic heterocycles. The van der Waals surface area contributed by atoms with Crippen molar-refractivity contribution < 1.29 is 18.6 Å². The number of aryl methyl sites for hydroxylation is 1. The Morgan fingerprint density at radius 3 is 2.56 bits per heavy atom. The Bertz CT molecular complexity index is 1130. The molecule has 34 heavy (non-hydrogen) atoms. The molecular formula is C29H34FNO3. The molecule has 0 aliphatic carbocycles. The Labute approximate surface area is 202 Å². The molecule has 2 atom stereocenters. The highest BCUT2D eigenvalue weighted by atomic mass is 19.1. The molecule has 0 saturated carbocycles. The van der Waals surface area contributed by atoms with Crippen LogP contribution in [0.2, 0.25) is 0 Å². The van der Waals surface area contributed by atoms with Gasteiger partial charge in [0.2, 0.25) is 0 Å². The molecule has 0 radical (unpaired) electrons. The fourth-order valence-corrected chi connectivity index (χ4v) is 4.39. The van der Waals surface area contributed by atoms with Gasteiger partial charge in [-0.3, -0.25) is 0 Å². The zero-order chi connectivity index (χ0) is 24.3. The zero-order valence-electron chi connectivity index (χ0n) is 20.6. The highest BCUT2D eigenvalue weighted by Gasteiger charge is 2.46. The molecule has 1 heterocycles. The molecule has 4 rings (SSSR count). The summed E-state index contributed by atoms with van der Waals surface area (Å²) in [6, 6.07) is 21.0. The first-order chi connectivity index (χ1) is 16.2. The minimum Gasteiger partial charge on any atom is -0.485 e. The number of anilines is 1. The summed E-state index contributed by atoms with van der Waals surface area (Å²) in [6.07, 6.45) is -0.708. The molecule has 4 nitrogen and oxygen atoms in total. The number of hydrogen-bond donors (Lipinski definition) is 1. The fourth-order valence-electron chi connectivity index (χ4n) is 4.39. The number of fused-ring (bicyclic) bond motifs is 1. The van der Waals surface area contributed by atoms with E-state index >= 15 is 0 Å². The quantitative estimate of drug-likeness (QED) is 0.392. The van der Waals surface area contributed by atoms with E-state index in [0.717, 1.165) is 29.1 Å². The Morgan fingerprint density at radius 2 is 1.82 bits per heavy atom. The van der Waals surface area contributed by atoms with Crippen LogP contribution in [0.4, 0.5) is 10.1 Å². The average molecular weight is 464 g/mol. The zero-order valence-corrected chi connectivity index (χ0v) is 20.6. The molecule has 180 valence electrons. The van der Waals surface area contributed by atoms with E-state index in [2.05, 4.69) is 42.6 Å². The molecular weight excluding hydrogens is 429 g/mol. The normalized spacial score (nSPS) is 18.9. The fraction of sp³-hybridized carbons (Fsp3) is 0.379. The SMILES string of the molecule is Cc1ccccc1CNc1ccc2c(c1)C(OC(C)C)C(OCc1cccc(F)c1)C(C)(C)O2. The third-order valence-electron chi connectivity index (χ3n) is 6.13. The van der Waals surface area contributed by atoms with Crippen molar-refractivity contribution in [1.82, 2.24) is 0 Å². The number of benzene rings is 3. The number of ether oxygens (including phenoxy) is 3. The van der Waals surface area contributed by atoms with Gasteiger partial charge < -0.3 is 19.5 Å². The molecule has 0 spiro atoms. The maximum absolute atomic E-state index is 13.7. The van der Waals surface area contributed by atoms with Crippen LogP contribution in [0.25, 0.3) is 0 Å². The minimum absolute atomic E-state index is 0.00407. The van der Waals surface area contributed by atoms with Crippen molar-refractivity contribution in [2.75, 3.05) is 5.32 Å². The largest absolute Gasteiger partial charge is 0.485 e. The van der Waals surface area contributed by atoms with Crippen LogP contribution in [-0.4, -0.2) is 17.8 Å². The number of halogens is 1. The standard InChI is InChI=1S/C29H34FNO3/c1-19(2)33-27-25-16-24(31-17-22-11-7-6-9-20(22)3)13-14-26(25)34-29(4,5)28(27)32-18-21-10-8-12-23(30)15-21/h6-16,19,27-28,31H,17-18H2,1-5H3. The van der Waals surface area contributed by atoms with Crippen molar-refractivity contribution in [3.05, 3.63) is 94.8 Å². The molecule has 0 saturated heterocycles. The Kier molecular flexibility index (Phi) is 7.24. The first-order valence-electron chi connectivity index (χ1n) is 11.9. The van der Waals surface area contributed by atoms with Crippen LogP contribution in [0.1, 0.15) is 56.1 Å². The van der Waals surface area contributed by atoms with Crippen LogP contribution in [0.3, 0.4) is 0 Å². The second-order valence-corrected chi connectivity index (χ2v) is 9.71. The van der Waals surface area contributed by atoms with E-state index in [1.165, 1.54) is 23.3 Å². The highest BCUT2D eigenvalue weighted by Crippen LogP contribution is 2.45. The van der Waals surface area contributed by atoms with Crippen molar-refractivity contribution in [2.24, 2.45) is 0 Å². The van der Waals surface area contributed by atoms with Crippen LogP contribution < -0.4 is 10.1 Å². The second-order valence-electron chi connectivity index (χ2n) is 9.71. The van der Waals surface area contributed by atoms with Crippen molar-refractivity contribution in [3.63, 3.8) is 0 Å². The Hall–Kier alpha value is -2.89. The highest BCUT2D eigenvalue weighted by molar-refractivity contribution is 5.54. The van der Waals surface area contributed by atoms with Crippen LogP contribution in [0, 0.1) is 12.7 Å². The van der Waals surface area contributed by atoms with Gasteiger partial charge in [-0.2, -0.15) is 0 Å². The van der Waals surface area contributed by atoms with E-state index in [0.29, 0.717) is 0 Å². The molecule has 3 aromatic carbocycles. The van der Waals surface area contributed by atoms with Crippen LogP contribution >= 0.6 is 0 Å². The second kappa shape index (κ2) is 10.2. The van der Waals surface area contributed by atoms with Gasteiger partial charge in [-0.1, -0.05) is 36.4 Å². The van der Waals surface area contributed by atoms with Crippen LogP contribution in [0.5, 0.6) is 5.75 Å². The minimum atomic E-state index is -0.629. The van der Waals surface area contributed by atoms with Crippen molar-refractivity contribution >= 4 is 5.69 Å². The maximum atomic E-state index is 13.7. The summed E-state index contributed by atoms with van der Waals surface area (Å²) in [5.74, 6) is 0.521.